The van der Waals surface area contributed by atoms with Gasteiger partial charge in [-0.05, 0) is 32.0 Å². The molecule has 0 saturated carbocycles. The summed E-state index contributed by atoms with van der Waals surface area (Å²) in [6.07, 6.45) is 3.61. The molecule has 1 heterocycles. The number of aryl methyl sites for hydroxylation is 1. The molecule has 0 atom stereocenters. The predicted molar refractivity (Wildman–Crippen MR) is 66.0 cm³/mol. The first kappa shape index (κ1) is 11.1. The fourth-order valence-corrected chi connectivity index (χ4v) is 1.92. The number of hydrogen-bond acceptors (Lipinski definition) is 2. The Morgan fingerprint density at radius 2 is 2.19 bits per heavy atom. The van der Waals surface area contributed by atoms with E-state index < -0.39 is 0 Å². The second-order valence-corrected chi connectivity index (χ2v) is 4.56. The molecular formula is C12H11BrN2O. The molecule has 0 N–H and O–H groups in total. The van der Waals surface area contributed by atoms with Crippen LogP contribution in [-0.4, -0.2) is 15.3 Å². The minimum Gasteiger partial charge on any atom is -0.305 e. The van der Waals surface area contributed by atoms with E-state index in [0.29, 0.717) is 5.56 Å². The number of benzene rings is 1. The van der Waals surface area contributed by atoms with Crippen LogP contribution in [-0.2, 0) is 0 Å². The maximum Gasteiger partial charge on any atom is 0.161 e. The van der Waals surface area contributed by atoms with E-state index in [1.54, 1.807) is 13.3 Å². The van der Waals surface area contributed by atoms with Crippen molar-refractivity contribution in [3.05, 3.63) is 46.5 Å². The fourth-order valence-electron chi connectivity index (χ4n) is 1.57. The molecule has 4 heteroatoms. The van der Waals surface area contributed by atoms with Crippen LogP contribution in [0.1, 0.15) is 23.0 Å². The van der Waals surface area contributed by atoms with Crippen LogP contribution in [0.25, 0.3) is 5.69 Å². The van der Waals surface area contributed by atoms with Gasteiger partial charge in [-0.3, -0.25) is 4.79 Å². The summed E-state index contributed by atoms with van der Waals surface area (Å²) in [7, 11) is 0. The van der Waals surface area contributed by atoms with E-state index in [2.05, 4.69) is 20.9 Å². The van der Waals surface area contributed by atoms with Crippen molar-refractivity contribution >= 4 is 21.7 Å². The molecule has 0 amide bonds. The number of ketones is 1. The Morgan fingerprint density at radius 1 is 1.44 bits per heavy atom. The third-order valence-corrected chi connectivity index (χ3v) is 2.82. The Morgan fingerprint density at radius 3 is 2.75 bits per heavy atom. The molecule has 2 rings (SSSR count). The number of nitrogens with zero attached hydrogens (tertiary/aromatic N) is 2. The number of carbonyl (C=O) groups excluding carboxylic acids is 1. The van der Waals surface area contributed by atoms with Gasteiger partial charge in [-0.1, -0.05) is 15.9 Å². The summed E-state index contributed by atoms with van der Waals surface area (Å²) in [5.41, 5.74) is 2.47. The van der Waals surface area contributed by atoms with Crippen molar-refractivity contribution in [1.29, 1.82) is 0 Å². The Kier molecular flexibility index (Phi) is 2.92. The predicted octanol–water partition coefficient (Wildman–Crippen LogP) is 3.15. The van der Waals surface area contributed by atoms with E-state index in [4.69, 9.17) is 0 Å². The van der Waals surface area contributed by atoms with Crippen molar-refractivity contribution in [2.24, 2.45) is 0 Å². The Balaban J connectivity index is 2.62. The lowest BCUT2D eigenvalue weighted by Crippen LogP contribution is -2.01. The van der Waals surface area contributed by atoms with Gasteiger partial charge in [0.05, 0.1) is 17.7 Å². The average Bonchev–Trinajstić information content (AvgIpc) is 2.64. The standard InChI is InChI=1S/C12H11BrN2O/c1-8-6-15(7-14-8)12-5-10(13)3-4-11(12)9(2)16/h3-7H,1-2H3. The minimum atomic E-state index is 0.0499. The van der Waals surface area contributed by atoms with E-state index in [-0.39, 0.29) is 5.78 Å². The van der Waals surface area contributed by atoms with Crippen molar-refractivity contribution in [3.8, 4) is 5.69 Å². The van der Waals surface area contributed by atoms with Gasteiger partial charge in [-0.2, -0.15) is 0 Å². The summed E-state index contributed by atoms with van der Waals surface area (Å²) in [6.45, 7) is 3.48. The quantitative estimate of drug-likeness (QED) is 0.791. The van der Waals surface area contributed by atoms with Crippen LogP contribution in [0, 0.1) is 6.92 Å². The lowest BCUT2D eigenvalue weighted by Gasteiger charge is -2.08. The highest BCUT2D eigenvalue weighted by Gasteiger charge is 2.09. The number of aromatic nitrogens is 2. The molecule has 0 spiro atoms. The van der Waals surface area contributed by atoms with Gasteiger partial charge >= 0.3 is 0 Å². The first-order valence-electron chi connectivity index (χ1n) is 4.89. The zero-order valence-electron chi connectivity index (χ0n) is 9.07. The number of hydrogen-bond donors (Lipinski definition) is 0. The van der Waals surface area contributed by atoms with Gasteiger partial charge in [-0.15, -0.1) is 0 Å². The summed E-state index contributed by atoms with van der Waals surface area (Å²) in [5, 5.41) is 0. The van der Waals surface area contributed by atoms with Crippen LogP contribution >= 0.6 is 15.9 Å². The van der Waals surface area contributed by atoms with Crippen molar-refractivity contribution in [2.45, 2.75) is 13.8 Å². The summed E-state index contributed by atoms with van der Waals surface area (Å²) in [5.74, 6) is 0.0499. The molecule has 0 aliphatic carbocycles. The summed E-state index contributed by atoms with van der Waals surface area (Å²) < 4.78 is 2.80. The van der Waals surface area contributed by atoms with Crippen LogP contribution in [0.3, 0.4) is 0 Å². The number of Topliss-reactive ketones (excluding diaryl/α,β-unsaturated/α-hetero) is 1. The SMILES string of the molecule is CC(=O)c1ccc(Br)cc1-n1cnc(C)c1. The molecule has 0 unspecified atom stereocenters. The molecular weight excluding hydrogens is 268 g/mol. The molecule has 0 bridgehead atoms. The van der Waals surface area contributed by atoms with Crippen LogP contribution in [0.5, 0.6) is 0 Å². The molecule has 0 aliphatic heterocycles. The minimum absolute atomic E-state index is 0.0499. The monoisotopic (exact) mass is 278 g/mol. The molecule has 1 aromatic carbocycles. The van der Waals surface area contributed by atoms with Crippen LogP contribution in [0.15, 0.2) is 35.2 Å². The van der Waals surface area contributed by atoms with Gasteiger partial charge in [0.15, 0.2) is 5.78 Å². The van der Waals surface area contributed by atoms with Gasteiger partial charge in [0.1, 0.15) is 0 Å². The number of imidazole rings is 1. The molecule has 16 heavy (non-hydrogen) atoms. The van der Waals surface area contributed by atoms with Gasteiger partial charge in [0.2, 0.25) is 0 Å². The second kappa shape index (κ2) is 4.22. The molecule has 82 valence electrons. The Bertz CT molecular complexity index is 546. The zero-order valence-corrected chi connectivity index (χ0v) is 10.7. The van der Waals surface area contributed by atoms with Gasteiger partial charge in [0.25, 0.3) is 0 Å². The molecule has 3 nitrogen and oxygen atoms in total. The van der Waals surface area contributed by atoms with Crippen LogP contribution in [0.2, 0.25) is 0 Å². The van der Waals surface area contributed by atoms with Gasteiger partial charge in [-0.25, -0.2) is 4.98 Å². The molecule has 2 aromatic rings. The Hall–Kier alpha value is -1.42. The van der Waals surface area contributed by atoms with Crippen molar-refractivity contribution in [2.75, 3.05) is 0 Å². The third kappa shape index (κ3) is 2.07. The molecule has 0 radical (unpaired) electrons. The van der Waals surface area contributed by atoms with E-state index in [1.165, 1.54) is 0 Å². The summed E-state index contributed by atoms with van der Waals surface area (Å²) in [4.78, 5) is 15.7. The molecule has 1 aromatic heterocycles. The highest BCUT2D eigenvalue weighted by Crippen LogP contribution is 2.21. The number of carbonyl (C=O) groups is 1. The summed E-state index contributed by atoms with van der Waals surface area (Å²) in [6, 6.07) is 5.60. The van der Waals surface area contributed by atoms with Crippen LogP contribution < -0.4 is 0 Å². The fraction of sp³-hybridized carbons (Fsp3) is 0.167. The lowest BCUT2D eigenvalue weighted by atomic mass is 10.1. The molecule has 0 saturated heterocycles. The first-order chi connectivity index (χ1) is 7.58. The van der Waals surface area contributed by atoms with Crippen molar-refractivity contribution in [1.82, 2.24) is 9.55 Å². The molecule has 0 aliphatic rings. The van der Waals surface area contributed by atoms with Crippen LogP contribution in [0.4, 0.5) is 0 Å². The maximum atomic E-state index is 11.5. The van der Waals surface area contributed by atoms with Gasteiger partial charge in [0, 0.05) is 16.2 Å². The third-order valence-electron chi connectivity index (χ3n) is 2.33. The maximum absolute atomic E-state index is 11.5. The number of rotatable bonds is 2. The van der Waals surface area contributed by atoms with E-state index >= 15 is 0 Å². The highest BCUT2D eigenvalue weighted by atomic mass is 79.9. The van der Waals surface area contributed by atoms with Crippen molar-refractivity contribution in [3.63, 3.8) is 0 Å². The molecule has 0 fully saturated rings. The zero-order chi connectivity index (χ0) is 11.7. The smallest absolute Gasteiger partial charge is 0.161 e. The van der Waals surface area contributed by atoms with E-state index in [1.807, 2.05) is 35.9 Å². The summed E-state index contributed by atoms with van der Waals surface area (Å²) >= 11 is 3.40. The average molecular weight is 279 g/mol. The Labute approximate surface area is 102 Å². The normalized spacial score (nSPS) is 10.4. The van der Waals surface area contributed by atoms with Crippen molar-refractivity contribution < 1.29 is 4.79 Å². The first-order valence-corrected chi connectivity index (χ1v) is 5.68. The van der Waals surface area contributed by atoms with Gasteiger partial charge < -0.3 is 4.57 Å². The highest BCUT2D eigenvalue weighted by molar-refractivity contribution is 9.10. The largest absolute Gasteiger partial charge is 0.305 e. The number of halogens is 1. The van der Waals surface area contributed by atoms with E-state index in [9.17, 15) is 4.79 Å². The second-order valence-electron chi connectivity index (χ2n) is 3.64. The lowest BCUT2D eigenvalue weighted by molar-refractivity contribution is 0.101. The van der Waals surface area contributed by atoms with E-state index in [0.717, 1.165) is 15.9 Å². The topological polar surface area (TPSA) is 34.9 Å².